The number of anilines is 1. The van der Waals surface area contributed by atoms with Crippen molar-refractivity contribution in [1.29, 1.82) is 0 Å². The van der Waals surface area contributed by atoms with Gasteiger partial charge < -0.3 is 15.0 Å². The summed E-state index contributed by atoms with van der Waals surface area (Å²) in [5, 5.41) is 3.28. The summed E-state index contributed by atoms with van der Waals surface area (Å²) in [4.78, 5) is 7.23. The summed E-state index contributed by atoms with van der Waals surface area (Å²) in [7, 11) is 0. The minimum Gasteiger partial charge on any atom is -0.376 e. The molecule has 1 unspecified atom stereocenters. The third kappa shape index (κ3) is 3.00. The summed E-state index contributed by atoms with van der Waals surface area (Å²) < 4.78 is 6.13. The fourth-order valence-corrected chi connectivity index (χ4v) is 1.96. The molecule has 4 nitrogen and oxygen atoms in total. The van der Waals surface area contributed by atoms with Gasteiger partial charge in [-0.25, -0.2) is 4.98 Å². The van der Waals surface area contributed by atoms with Gasteiger partial charge in [-0.05, 0) is 19.8 Å². The van der Waals surface area contributed by atoms with Crippen molar-refractivity contribution in [2.75, 3.05) is 18.5 Å². The highest BCUT2D eigenvalue weighted by Gasteiger charge is 2.14. The van der Waals surface area contributed by atoms with Crippen LogP contribution in [0.5, 0.6) is 0 Å². The summed E-state index contributed by atoms with van der Waals surface area (Å²) in [6, 6.07) is 1.83. The van der Waals surface area contributed by atoms with Crippen molar-refractivity contribution < 1.29 is 4.74 Å². The average Bonchev–Trinajstić information content (AvgIpc) is 2.65. The molecule has 82 valence electrons. The zero-order valence-corrected chi connectivity index (χ0v) is 9.56. The lowest BCUT2D eigenvalue weighted by atomic mass is 10.2. The highest BCUT2D eigenvalue weighted by Crippen LogP contribution is 2.12. The Morgan fingerprint density at radius 3 is 3.27 bits per heavy atom. The van der Waals surface area contributed by atoms with Crippen molar-refractivity contribution in [2.24, 2.45) is 0 Å². The highest BCUT2D eigenvalue weighted by molar-refractivity contribution is 7.71. The van der Waals surface area contributed by atoms with E-state index in [4.69, 9.17) is 17.0 Å². The quantitative estimate of drug-likeness (QED) is 0.773. The van der Waals surface area contributed by atoms with Gasteiger partial charge >= 0.3 is 0 Å². The van der Waals surface area contributed by atoms with Gasteiger partial charge in [0.1, 0.15) is 16.3 Å². The van der Waals surface area contributed by atoms with Gasteiger partial charge in [-0.2, -0.15) is 0 Å². The van der Waals surface area contributed by atoms with Crippen molar-refractivity contribution >= 4 is 18.0 Å². The van der Waals surface area contributed by atoms with E-state index >= 15 is 0 Å². The maximum atomic E-state index is 5.52. The number of hydrogen-bond acceptors (Lipinski definition) is 4. The first-order valence-corrected chi connectivity index (χ1v) is 5.58. The van der Waals surface area contributed by atoms with Crippen LogP contribution in [0.3, 0.4) is 0 Å². The highest BCUT2D eigenvalue weighted by atomic mass is 32.1. The third-order valence-corrected chi connectivity index (χ3v) is 2.61. The van der Waals surface area contributed by atoms with Gasteiger partial charge in [-0.15, -0.1) is 0 Å². The maximum absolute atomic E-state index is 5.52. The molecule has 1 aromatic heterocycles. The molecule has 1 aliphatic heterocycles. The lowest BCUT2D eigenvalue weighted by Gasteiger charge is -2.11. The van der Waals surface area contributed by atoms with E-state index in [9.17, 15) is 0 Å². The van der Waals surface area contributed by atoms with Crippen LogP contribution in [0.15, 0.2) is 6.07 Å². The number of hydrogen-bond donors (Lipinski definition) is 2. The Labute approximate surface area is 94.1 Å². The molecule has 0 radical (unpaired) electrons. The number of nitrogens with zero attached hydrogens (tertiary/aromatic N) is 1. The molecule has 0 aliphatic carbocycles. The van der Waals surface area contributed by atoms with Gasteiger partial charge in [0.05, 0.1) is 6.10 Å². The summed E-state index contributed by atoms with van der Waals surface area (Å²) in [6.07, 6.45) is 2.63. The number of ether oxygens (including phenoxy) is 1. The molecular weight excluding hydrogens is 210 g/mol. The van der Waals surface area contributed by atoms with Crippen LogP contribution in [0.25, 0.3) is 0 Å². The zero-order chi connectivity index (χ0) is 10.7. The summed E-state index contributed by atoms with van der Waals surface area (Å²) in [6.45, 7) is 3.61. The lowest BCUT2D eigenvalue weighted by molar-refractivity contribution is 0.120. The van der Waals surface area contributed by atoms with Crippen LogP contribution in [-0.4, -0.2) is 29.2 Å². The van der Waals surface area contributed by atoms with Gasteiger partial charge in [-0.1, -0.05) is 12.2 Å². The minimum absolute atomic E-state index is 0.334. The van der Waals surface area contributed by atoms with E-state index in [2.05, 4.69) is 15.3 Å². The molecule has 1 aromatic rings. The monoisotopic (exact) mass is 225 g/mol. The Balaban J connectivity index is 1.95. The summed E-state index contributed by atoms with van der Waals surface area (Å²) in [5.41, 5.74) is 0. The number of H-pyrrole nitrogens is 1. The molecule has 1 saturated heterocycles. The van der Waals surface area contributed by atoms with Crippen molar-refractivity contribution in [3.05, 3.63) is 16.5 Å². The van der Waals surface area contributed by atoms with E-state index < -0.39 is 0 Å². The minimum atomic E-state index is 0.334. The molecule has 5 heteroatoms. The second-order valence-corrected chi connectivity index (χ2v) is 4.15. The largest absolute Gasteiger partial charge is 0.376 e. The number of rotatable bonds is 3. The van der Waals surface area contributed by atoms with Crippen LogP contribution < -0.4 is 5.32 Å². The van der Waals surface area contributed by atoms with E-state index in [-0.39, 0.29) is 0 Å². The predicted molar refractivity (Wildman–Crippen MR) is 61.6 cm³/mol. The Morgan fingerprint density at radius 1 is 1.73 bits per heavy atom. The van der Waals surface area contributed by atoms with Crippen LogP contribution in [0.4, 0.5) is 5.82 Å². The molecule has 0 aromatic carbocycles. The zero-order valence-electron chi connectivity index (χ0n) is 8.75. The lowest BCUT2D eigenvalue weighted by Crippen LogP contribution is -2.19. The SMILES string of the molecule is Cc1nc(=S)cc(NCC2CCCO2)[nH]1. The van der Waals surface area contributed by atoms with Gasteiger partial charge in [0.25, 0.3) is 0 Å². The Bertz CT molecular complexity index is 384. The van der Waals surface area contributed by atoms with Gasteiger partial charge in [0.2, 0.25) is 0 Å². The molecule has 2 N–H and O–H groups in total. The predicted octanol–water partition coefficient (Wildman–Crippen LogP) is 2.04. The van der Waals surface area contributed by atoms with E-state index in [1.807, 2.05) is 13.0 Å². The van der Waals surface area contributed by atoms with Gasteiger partial charge in [-0.3, -0.25) is 0 Å². The number of aromatic nitrogens is 2. The normalized spacial score (nSPS) is 20.5. The Hall–Kier alpha value is -0.940. The molecular formula is C10H15N3OS. The van der Waals surface area contributed by atoms with E-state index in [0.717, 1.165) is 37.6 Å². The van der Waals surface area contributed by atoms with E-state index in [0.29, 0.717) is 10.7 Å². The Morgan fingerprint density at radius 2 is 2.60 bits per heavy atom. The molecule has 2 rings (SSSR count). The van der Waals surface area contributed by atoms with Gasteiger partial charge in [0, 0.05) is 19.2 Å². The summed E-state index contributed by atoms with van der Waals surface area (Å²) in [5.74, 6) is 1.75. The average molecular weight is 225 g/mol. The smallest absolute Gasteiger partial charge is 0.131 e. The van der Waals surface area contributed by atoms with Crippen molar-refractivity contribution in [3.8, 4) is 0 Å². The maximum Gasteiger partial charge on any atom is 0.131 e. The number of aryl methyl sites for hydroxylation is 1. The standard InChI is InChI=1S/C10H15N3OS/c1-7-12-9(5-10(15)13-7)11-6-8-3-2-4-14-8/h5,8H,2-4,6H2,1H3,(H2,11,12,13,15). The topological polar surface area (TPSA) is 49.9 Å². The number of aromatic amines is 1. The molecule has 0 saturated carbocycles. The first-order valence-electron chi connectivity index (χ1n) is 5.17. The summed E-state index contributed by atoms with van der Waals surface area (Å²) >= 11 is 5.03. The van der Waals surface area contributed by atoms with E-state index in [1.54, 1.807) is 0 Å². The van der Waals surface area contributed by atoms with Crippen molar-refractivity contribution in [3.63, 3.8) is 0 Å². The first kappa shape index (κ1) is 10.6. The first-order chi connectivity index (χ1) is 7.24. The Kier molecular flexibility index (Phi) is 3.33. The van der Waals surface area contributed by atoms with Gasteiger partial charge in [0.15, 0.2) is 0 Å². The molecule has 0 spiro atoms. The molecule has 15 heavy (non-hydrogen) atoms. The number of nitrogens with one attached hydrogen (secondary N) is 2. The second kappa shape index (κ2) is 4.72. The molecule has 2 heterocycles. The van der Waals surface area contributed by atoms with Crippen LogP contribution in [0.2, 0.25) is 0 Å². The van der Waals surface area contributed by atoms with Crippen LogP contribution in [-0.2, 0) is 4.74 Å². The van der Waals surface area contributed by atoms with E-state index in [1.165, 1.54) is 0 Å². The van der Waals surface area contributed by atoms with Crippen LogP contribution >= 0.6 is 12.2 Å². The van der Waals surface area contributed by atoms with Crippen molar-refractivity contribution in [2.45, 2.75) is 25.9 Å². The molecule has 1 atom stereocenters. The third-order valence-electron chi connectivity index (χ3n) is 2.41. The molecule has 0 amide bonds. The fourth-order valence-electron chi connectivity index (χ4n) is 1.70. The fraction of sp³-hybridized carbons (Fsp3) is 0.600. The second-order valence-electron chi connectivity index (χ2n) is 3.73. The molecule has 0 bridgehead atoms. The van der Waals surface area contributed by atoms with Crippen LogP contribution in [0.1, 0.15) is 18.7 Å². The van der Waals surface area contributed by atoms with Crippen LogP contribution in [0, 0.1) is 11.6 Å². The molecule has 1 fully saturated rings. The molecule has 1 aliphatic rings. The van der Waals surface area contributed by atoms with Crippen molar-refractivity contribution in [1.82, 2.24) is 9.97 Å².